The quantitative estimate of drug-likeness (QED) is 0.191. The van der Waals surface area contributed by atoms with Gasteiger partial charge in [-0.3, -0.25) is 0 Å². The van der Waals surface area contributed by atoms with Gasteiger partial charge in [-0.25, -0.2) is 18.7 Å². The molecule has 1 fully saturated rings. The van der Waals surface area contributed by atoms with Crippen LogP contribution >= 0.6 is 0 Å². The monoisotopic (exact) mass is 500 g/mol. The van der Waals surface area contributed by atoms with Crippen molar-refractivity contribution in [1.82, 2.24) is 9.97 Å². The molecule has 1 saturated carbocycles. The van der Waals surface area contributed by atoms with Gasteiger partial charge >= 0.3 is 0 Å². The van der Waals surface area contributed by atoms with Crippen LogP contribution in [-0.4, -0.2) is 28.9 Å². The van der Waals surface area contributed by atoms with Crippen molar-refractivity contribution in [3.05, 3.63) is 42.2 Å². The van der Waals surface area contributed by atoms with Crippen LogP contribution in [-0.2, 0) is 6.42 Å². The van der Waals surface area contributed by atoms with Gasteiger partial charge in [-0.2, -0.15) is 0 Å². The average Bonchev–Trinajstić information content (AvgIpc) is 3.43. The summed E-state index contributed by atoms with van der Waals surface area (Å²) >= 11 is 0. The first kappa shape index (κ1) is 28.5. The largest absolute Gasteiger partial charge is 0.490 e. The minimum Gasteiger partial charge on any atom is -0.490 e. The number of nitrogens with zero attached hydrogens (tertiary/aromatic N) is 2. The van der Waals surface area contributed by atoms with Gasteiger partial charge in [0.05, 0.1) is 0 Å². The highest BCUT2D eigenvalue weighted by atomic mass is 19.2. The second-order valence-electron chi connectivity index (χ2n) is 10.6. The third kappa shape index (κ3) is 10.5. The number of alkyl halides is 2. The number of halogens is 2. The van der Waals surface area contributed by atoms with E-state index in [1.165, 1.54) is 76.2 Å². The van der Waals surface area contributed by atoms with Crippen molar-refractivity contribution in [2.24, 2.45) is 5.92 Å². The van der Waals surface area contributed by atoms with E-state index >= 15 is 0 Å². The SMILES string of the molecule is CCCCC[C@H](F)[C@@H](F)COc1ccc(-c2ncc(CCCCCCCCC3CCCC3)cn2)cc1. The lowest BCUT2D eigenvalue weighted by Gasteiger charge is -2.14. The maximum absolute atomic E-state index is 14.0. The molecule has 1 aromatic carbocycles. The molecule has 0 radical (unpaired) electrons. The van der Waals surface area contributed by atoms with Gasteiger partial charge in [-0.1, -0.05) is 90.4 Å². The fraction of sp³-hybridized carbons (Fsp3) is 0.677. The fourth-order valence-electron chi connectivity index (χ4n) is 5.15. The zero-order valence-electron chi connectivity index (χ0n) is 22.3. The molecule has 0 saturated heterocycles. The van der Waals surface area contributed by atoms with Gasteiger partial charge < -0.3 is 4.74 Å². The minimum absolute atomic E-state index is 0.255. The van der Waals surface area contributed by atoms with Crippen molar-refractivity contribution < 1.29 is 13.5 Å². The van der Waals surface area contributed by atoms with Crippen molar-refractivity contribution in [2.45, 2.75) is 122 Å². The molecule has 3 nitrogen and oxygen atoms in total. The van der Waals surface area contributed by atoms with E-state index in [4.69, 9.17) is 4.74 Å². The van der Waals surface area contributed by atoms with Crippen LogP contribution in [0.15, 0.2) is 36.7 Å². The molecule has 0 amide bonds. The smallest absolute Gasteiger partial charge is 0.165 e. The van der Waals surface area contributed by atoms with Crippen molar-refractivity contribution in [1.29, 1.82) is 0 Å². The summed E-state index contributed by atoms with van der Waals surface area (Å²) in [4.78, 5) is 9.05. The molecule has 1 aliphatic carbocycles. The van der Waals surface area contributed by atoms with Gasteiger partial charge in [0.25, 0.3) is 0 Å². The van der Waals surface area contributed by atoms with Crippen molar-refractivity contribution in [2.75, 3.05) is 6.61 Å². The molecule has 2 atom stereocenters. The molecule has 0 bridgehead atoms. The number of ether oxygens (including phenoxy) is 1. The Labute approximate surface area is 217 Å². The lowest BCUT2D eigenvalue weighted by molar-refractivity contribution is 0.102. The van der Waals surface area contributed by atoms with Gasteiger partial charge in [-0.05, 0) is 55.0 Å². The fourth-order valence-corrected chi connectivity index (χ4v) is 5.15. The summed E-state index contributed by atoms with van der Waals surface area (Å²) in [6, 6.07) is 7.24. The number of hydrogen-bond acceptors (Lipinski definition) is 3. The maximum atomic E-state index is 14.0. The molecule has 1 aromatic heterocycles. The second-order valence-corrected chi connectivity index (χ2v) is 10.6. The number of benzene rings is 1. The van der Waals surface area contributed by atoms with Gasteiger partial charge in [0, 0.05) is 18.0 Å². The predicted molar refractivity (Wildman–Crippen MR) is 145 cm³/mol. The highest BCUT2D eigenvalue weighted by Gasteiger charge is 2.20. The highest BCUT2D eigenvalue weighted by Crippen LogP contribution is 2.29. The first-order valence-electron chi connectivity index (χ1n) is 14.5. The van der Waals surface area contributed by atoms with Crippen LogP contribution in [0, 0.1) is 5.92 Å². The Morgan fingerprint density at radius 3 is 2.19 bits per heavy atom. The molecular weight excluding hydrogens is 454 g/mol. The van der Waals surface area contributed by atoms with Crippen molar-refractivity contribution in [3.63, 3.8) is 0 Å². The number of unbranched alkanes of at least 4 members (excludes halogenated alkanes) is 7. The molecule has 0 N–H and O–H groups in total. The number of rotatable bonds is 18. The van der Waals surface area contributed by atoms with Gasteiger partial charge in [0.15, 0.2) is 12.0 Å². The zero-order chi connectivity index (χ0) is 25.4. The molecular formula is C31H46F2N2O. The standard InChI is InChI=1S/C31H46F2N2O/c1-2-3-8-17-29(32)30(33)24-36-28-20-18-27(19-21-28)31-34-22-26(23-35-31)16-10-7-5-4-6-9-13-25-14-11-12-15-25/h18-23,25,29-30H,2-17,24H2,1H3/t29-,30-/m0/s1. The Morgan fingerprint density at radius 2 is 1.50 bits per heavy atom. The maximum Gasteiger partial charge on any atom is 0.165 e. The van der Waals surface area contributed by atoms with E-state index < -0.39 is 12.3 Å². The molecule has 3 rings (SSSR count). The average molecular weight is 501 g/mol. The van der Waals surface area contributed by atoms with E-state index in [9.17, 15) is 8.78 Å². The van der Waals surface area contributed by atoms with Crippen LogP contribution in [0.3, 0.4) is 0 Å². The predicted octanol–water partition coefficient (Wildman–Crippen LogP) is 9.24. The Hall–Kier alpha value is -2.04. The first-order valence-corrected chi connectivity index (χ1v) is 14.5. The Bertz CT molecular complexity index is 821. The van der Waals surface area contributed by atoms with Crippen molar-refractivity contribution >= 4 is 0 Å². The summed E-state index contributed by atoms with van der Waals surface area (Å²) in [5.74, 6) is 2.22. The molecule has 0 unspecified atom stereocenters. The van der Waals surface area contributed by atoms with E-state index in [0.29, 0.717) is 18.0 Å². The molecule has 5 heteroatoms. The van der Waals surface area contributed by atoms with Crippen LogP contribution in [0.25, 0.3) is 11.4 Å². The van der Waals surface area contributed by atoms with Crippen LogP contribution in [0.2, 0.25) is 0 Å². The summed E-state index contributed by atoms with van der Waals surface area (Å²) < 4.78 is 33.3. The summed E-state index contributed by atoms with van der Waals surface area (Å²) in [6.45, 7) is 1.78. The second kappa shape index (κ2) is 16.7. The molecule has 1 aliphatic rings. The lowest BCUT2D eigenvalue weighted by atomic mass is 9.99. The van der Waals surface area contributed by atoms with E-state index in [1.54, 1.807) is 12.1 Å². The van der Waals surface area contributed by atoms with Gasteiger partial charge in [0.2, 0.25) is 0 Å². The molecule has 0 aliphatic heterocycles. The zero-order valence-corrected chi connectivity index (χ0v) is 22.3. The highest BCUT2D eigenvalue weighted by molar-refractivity contribution is 5.55. The van der Waals surface area contributed by atoms with Crippen molar-refractivity contribution in [3.8, 4) is 17.1 Å². The first-order chi connectivity index (χ1) is 17.7. The van der Waals surface area contributed by atoms with E-state index in [-0.39, 0.29) is 13.0 Å². The van der Waals surface area contributed by atoms with E-state index in [1.807, 2.05) is 31.5 Å². The third-order valence-electron chi connectivity index (χ3n) is 7.51. The summed E-state index contributed by atoms with van der Waals surface area (Å²) in [5.41, 5.74) is 2.06. The van der Waals surface area contributed by atoms with Gasteiger partial charge in [-0.15, -0.1) is 0 Å². The summed E-state index contributed by atoms with van der Waals surface area (Å²) in [6.07, 6.45) is 20.0. The Balaban J connectivity index is 1.29. The number of aryl methyl sites for hydroxylation is 1. The van der Waals surface area contributed by atoms with Crippen LogP contribution in [0.1, 0.15) is 109 Å². The molecule has 0 spiro atoms. The van der Waals surface area contributed by atoms with E-state index in [2.05, 4.69) is 9.97 Å². The van der Waals surface area contributed by atoms with Crippen LogP contribution in [0.4, 0.5) is 8.78 Å². The minimum atomic E-state index is -1.60. The number of aromatic nitrogens is 2. The molecule has 2 aromatic rings. The number of hydrogen-bond donors (Lipinski definition) is 0. The molecule has 1 heterocycles. The van der Waals surface area contributed by atoms with E-state index in [0.717, 1.165) is 30.7 Å². The van der Waals surface area contributed by atoms with Gasteiger partial charge in [0.1, 0.15) is 18.5 Å². The summed E-state index contributed by atoms with van der Waals surface area (Å²) in [5, 5.41) is 0. The lowest BCUT2D eigenvalue weighted by Crippen LogP contribution is -2.24. The summed E-state index contributed by atoms with van der Waals surface area (Å²) in [7, 11) is 0. The normalized spacial score (nSPS) is 15.8. The Morgan fingerprint density at radius 1 is 0.833 bits per heavy atom. The van der Waals surface area contributed by atoms with Crippen LogP contribution in [0.5, 0.6) is 5.75 Å². The molecule has 200 valence electrons. The topological polar surface area (TPSA) is 35.0 Å². The third-order valence-corrected chi connectivity index (χ3v) is 7.51. The molecule has 36 heavy (non-hydrogen) atoms. The Kier molecular flexibility index (Phi) is 13.2. The van der Waals surface area contributed by atoms with Crippen LogP contribution < -0.4 is 4.74 Å².